The second kappa shape index (κ2) is 12.5. The summed E-state index contributed by atoms with van der Waals surface area (Å²) in [5.74, 6) is 1.28. The molecule has 2 unspecified atom stereocenters. The van der Waals surface area contributed by atoms with Crippen LogP contribution < -0.4 is 4.74 Å². The highest BCUT2D eigenvalue weighted by Gasteiger charge is 2.33. The zero-order chi connectivity index (χ0) is 38.6. The minimum atomic E-state index is 0.0840. The van der Waals surface area contributed by atoms with Crippen LogP contribution >= 0.6 is 0 Å². The lowest BCUT2D eigenvalue weighted by atomic mass is 9.82. The summed E-state index contributed by atoms with van der Waals surface area (Å²) < 4.78 is 6.41. The van der Waals surface area contributed by atoms with E-state index in [0.29, 0.717) is 5.92 Å². The molecule has 274 valence electrons. The van der Waals surface area contributed by atoms with E-state index >= 15 is 0 Å². The fraction of sp³-hybridized carbons (Fsp3) is 0.0345. The number of hydrogen-bond donors (Lipinski definition) is 0. The molecule has 0 radical (unpaired) electrons. The smallest absolute Gasteiger partial charge is 0.128 e. The van der Waals surface area contributed by atoms with Gasteiger partial charge >= 0.3 is 0 Å². The van der Waals surface area contributed by atoms with Crippen molar-refractivity contribution in [3.05, 3.63) is 212 Å². The van der Waals surface area contributed by atoms with Crippen LogP contribution in [0.25, 0.3) is 110 Å². The van der Waals surface area contributed by atoms with Gasteiger partial charge in [-0.3, -0.25) is 0 Å². The zero-order valence-corrected chi connectivity index (χ0v) is 32.2. The molecule has 1 heterocycles. The number of rotatable bonds is 4. The van der Waals surface area contributed by atoms with Crippen molar-refractivity contribution >= 4 is 43.1 Å². The summed E-state index contributed by atoms with van der Waals surface area (Å²) in [6.45, 7) is 0. The molecule has 0 fully saturated rings. The van der Waals surface area contributed by atoms with Crippen LogP contribution in [0.5, 0.6) is 5.75 Å². The summed E-state index contributed by atoms with van der Waals surface area (Å²) in [4.78, 5) is 0. The SMILES string of the molecule is C1=CC2Oc3cc(-c4ccc5cc(-c6ccc7c8c(cccc68)-c6c-7c(-c7ccccc7)c7ccccc7c6-c6ccccc6)c6ccccc6c5c4)ccc3C2C=C1. The number of fused-ring (bicyclic) bond motifs is 10. The lowest BCUT2D eigenvalue weighted by Gasteiger charge is -2.20. The fourth-order valence-corrected chi connectivity index (χ4v) is 10.6. The summed E-state index contributed by atoms with van der Waals surface area (Å²) in [5, 5.41) is 10.2. The topological polar surface area (TPSA) is 9.23 Å². The molecule has 59 heavy (non-hydrogen) atoms. The van der Waals surface area contributed by atoms with Crippen molar-refractivity contribution in [2.75, 3.05) is 0 Å². The van der Waals surface area contributed by atoms with Gasteiger partial charge in [-0.05, 0) is 134 Å². The highest BCUT2D eigenvalue weighted by molar-refractivity contribution is 6.29. The molecule has 2 atom stereocenters. The van der Waals surface area contributed by atoms with Crippen molar-refractivity contribution in [3.8, 4) is 72.5 Å². The fourth-order valence-electron chi connectivity index (χ4n) is 10.6. The van der Waals surface area contributed by atoms with Gasteiger partial charge in [0, 0.05) is 11.5 Å². The molecule has 1 nitrogen and oxygen atoms in total. The first-order valence-electron chi connectivity index (χ1n) is 20.7. The standard InChI is InChI=1S/C58H36O/c1-3-14-35(15-4-1)54-46-21-9-10-22-47(46)55(36-16-5-2-6-17-36)58-49-31-30-42(45-23-13-24-48(56(45)49)57(54)58)51-33-39-27-26-37(32-50(39)40-18-7-8-19-41(40)51)38-28-29-44-43-20-11-12-25-52(43)59-53(44)34-38/h1-34,43,52H. The van der Waals surface area contributed by atoms with Crippen LogP contribution in [0.2, 0.25) is 0 Å². The Hall–Kier alpha value is -7.48. The predicted molar refractivity (Wildman–Crippen MR) is 248 cm³/mol. The van der Waals surface area contributed by atoms with E-state index in [1.54, 1.807) is 0 Å². The molecule has 2 aliphatic carbocycles. The summed E-state index contributed by atoms with van der Waals surface area (Å²) >= 11 is 0. The van der Waals surface area contributed by atoms with Crippen molar-refractivity contribution < 1.29 is 4.74 Å². The molecule has 1 aliphatic heterocycles. The van der Waals surface area contributed by atoms with Gasteiger partial charge in [-0.15, -0.1) is 0 Å². The van der Waals surface area contributed by atoms with E-state index in [2.05, 4.69) is 206 Å². The summed E-state index contributed by atoms with van der Waals surface area (Å²) in [6.07, 6.45) is 8.72. The third kappa shape index (κ3) is 4.73. The van der Waals surface area contributed by atoms with Crippen molar-refractivity contribution in [2.24, 2.45) is 0 Å². The number of hydrogen-bond acceptors (Lipinski definition) is 1. The predicted octanol–water partition coefficient (Wildman–Crippen LogP) is 15.6. The summed E-state index contributed by atoms with van der Waals surface area (Å²) in [7, 11) is 0. The number of benzene rings is 10. The first-order valence-corrected chi connectivity index (χ1v) is 20.7. The van der Waals surface area contributed by atoms with E-state index < -0.39 is 0 Å². The molecular formula is C58H36O. The van der Waals surface area contributed by atoms with Gasteiger partial charge < -0.3 is 4.74 Å². The van der Waals surface area contributed by atoms with E-state index in [1.807, 2.05) is 0 Å². The minimum Gasteiger partial charge on any atom is -0.485 e. The van der Waals surface area contributed by atoms with Crippen molar-refractivity contribution in [3.63, 3.8) is 0 Å². The Balaban J connectivity index is 1.03. The highest BCUT2D eigenvalue weighted by Crippen LogP contribution is 2.59. The number of ether oxygens (including phenoxy) is 1. The lowest BCUT2D eigenvalue weighted by molar-refractivity contribution is 0.269. The largest absolute Gasteiger partial charge is 0.485 e. The van der Waals surface area contributed by atoms with Gasteiger partial charge in [0.2, 0.25) is 0 Å². The Morgan fingerprint density at radius 1 is 0.339 bits per heavy atom. The maximum Gasteiger partial charge on any atom is 0.128 e. The normalized spacial score (nSPS) is 15.8. The second-order valence-corrected chi connectivity index (χ2v) is 16.2. The lowest BCUT2D eigenvalue weighted by Crippen LogP contribution is -2.15. The molecule has 13 rings (SSSR count). The molecule has 0 aromatic heterocycles. The minimum absolute atomic E-state index is 0.0840. The van der Waals surface area contributed by atoms with E-state index in [0.717, 1.165) is 5.75 Å². The Labute approximate surface area is 342 Å². The average Bonchev–Trinajstić information content (AvgIpc) is 3.84. The van der Waals surface area contributed by atoms with Gasteiger partial charge in [-0.2, -0.15) is 0 Å². The van der Waals surface area contributed by atoms with Crippen LogP contribution in [0.3, 0.4) is 0 Å². The van der Waals surface area contributed by atoms with Crippen molar-refractivity contribution in [1.82, 2.24) is 0 Å². The van der Waals surface area contributed by atoms with E-state index in [4.69, 9.17) is 4.74 Å². The van der Waals surface area contributed by atoms with E-state index in [1.165, 1.54) is 115 Å². The number of allylic oxidation sites excluding steroid dienone is 2. The zero-order valence-electron chi connectivity index (χ0n) is 32.2. The summed E-state index contributed by atoms with van der Waals surface area (Å²) in [5.41, 5.74) is 16.5. The van der Waals surface area contributed by atoms with Crippen molar-refractivity contribution in [1.29, 1.82) is 0 Å². The molecule has 10 aromatic rings. The van der Waals surface area contributed by atoms with Crippen LogP contribution in [0, 0.1) is 0 Å². The Kier molecular flexibility index (Phi) is 6.91. The molecular weight excluding hydrogens is 713 g/mol. The van der Waals surface area contributed by atoms with Crippen molar-refractivity contribution in [2.45, 2.75) is 12.0 Å². The Morgan fingerprint density at radius 3 is 1.68 bits per heavy atom. The first kappa shape index (κ1) is 32.6. The Morgan fingerprint density at radius 2 is 0.932 bits per heavy atom. The van der Waals surface area contributed by atoms with Gasteiger partial charge in [0.15, 0.2) is 0 Å². The van der Waals surface area contributed by atoms with Gasteiger partial charge in [-0.1, -0.05) is 182 Å². The van der Waals surface area contributed by atoms with Gasteiger partial charge in [-0.25, -0.2) is 0 Å². The molecule has 1 heteroatoms. The molecule has 0 saturated heterocycles. The monoisotopic (exact) mass is 748 g/mol. The average molecular weight is 749 g/mol. The second-order valence-electron chi connectivity index (χ2n) is 16.2. The third-order valence-electron chi connectivity index (χ3n) is 13.1. The van der Waals surface area contributed by atoms with Gasteiger partial charge in [0.1, 0.15) is 11.9 Å². The first-order chi connectivity index (χ1) is 29.3. The summed E-state index contributed by atoms with van der Waals surface area (Å²) in [6, 6.07) is 67.8. The highest BCUT2D eigenvalue weighted by atomic mass is 16.5. The van der Waals surface area contributed by atoms with Crippen LogP contribution in [-0.2, 0) is 0 Å². The molecule has 0 spiro atoms. The molecule has 3 aliphatic rings. The van der Waals surface area contributed by atoms with E-state index in [9.17, 15) is 0 Å². The van der Waals surface area contributed by atoms with Gasteiger partial charge in [0.25, 0.3) is 0 Å². The quantitative estimate of drug-likeness (QED) is 0.163. The third-order valence-corrected chi connectivity index (χ3v) is 13.1. The van der Waals surface area contributed by atoms with E-state index in [-0.39, 0.29) is 6.10 Å². The molecule has 0 saturated carbocycles. The Bertz CT molecular complexity index is 3370. The van der Waals surface area contributed by atoms with Crippen LogP contribution in [0.1, 0.15) is 11.5 Å². The molecule has 0 bridgehead atoms. The molecule has 0 amide bonds. The van der Waals surface area contributed by atoms with Crippen LogP contribution in [0.15, 0.2) is 206 Å². The van der Waals surface area contributed by atoms with Crippen LogP contribution in [-0.4, -0.2) is 6.10 Å². The maximum atomic E-state index is 6.41. The van der Waals surface area contributed by atoms with Crippen LogP contribution in [0.4, 0.5) is 0 Å². The molecule has 0 N–H and O–H groups in total. The maximum absolute atomic E-state index is 6.41. The molecule has 10 aromatic carbocycles. The van der Waals surface area contributed by atoms with Gasteiger partial charge in [0.05, 0.1) is 0 Å².